The molecule has 10 nitrogen and oxygen atoms in total. The van der Waals surface area contributed by atoms with Crippen LogP contribution in [0.3, 0.4) is 0 Å². The molecule has 1 saturated heterocycles. The van der Waals surface area contributed by atoms with Gasteiger partial charge in [-0.2, -0.15) is 5.10 Å². The molecular formula is C21H21ClFN7O3. The van der Waals surface area contributed by atoms with E-state index in [0.717, 1.165) is 12.8 Å². The number of nitrogens with zero attached hydrogens (tertiary/aromatic N) is 4. The molecule has 0 unspecified atom stereocenters. The summed E-state index contributed by atoms with van der Waals surface area (Å²) in [5, 5.41) is 10.7. The Labute approximate surface area is 192 Å². The van der Waals surface area contributed by atoms with Crippen molar-refractivity contribution in [2.24, 2.45) is 5.73 Å². The first-order valence-electron chi connectivity index (χ1n) is 10.6. The van der Waals surface area contributed by atoms with Gasteiger partial charge >= 0.3 is 6.09 Å². The van der Waals surface area contributed by atoms with Crippen LogP contribution in [0.5, 0.6) is 0 Å². The smallest absolute Gasteiger partial charge is 0.404 e. The van der Waals surface area contributed by atoms with E-state index in [1.54, 1.807) is 23.1 Å². The molecular weight excluding hydrogens is 453 g/mol. The second-order valence-electron chi connectivity index (χ2n) is 8.18. The van der Waals surface area contributed by atoms with Gasteiger partial charge in [0.2, 0.25) is 5.82 Å². The molecule has 12 heteroatoms. The number of primary amides is 1. The maximum atomic E-state index is 14.8. The lowest BCUT2D eigenvalue weighted by Gasteiger charge is -2.30. The van der Waals surface area contributed by atoms with Gasteiger partial charge in [0.15, 0.2) is 11.6 Å². The maximum absolute atomic E-state index is 14.8. The Morgan fingerprint density at radius 3 is 2.64 bits per heavy atom. The highest BCUT2D eigenvalue weighted by Gasteiger charge is 2.31. The average molecular weight is 474 g/mol. The minimum atomic E-state index is -0.831. The summed E-state index contributed by atoms with van der Waals surface area (Å²) in [6, 6.07) is 4.97. The number of halogens is 2. The molecule has 2 amide bonds. The number of likely N-dealkylation sites (tertiary alicyclic amines) is 1. The summed E-state index contributed by atoms with van der Waals surface area (Å²) in [5.74, 6) is -0.502. The summed E-state index contributed by atoms with van der Waals surface area (Å²) >= 11 is 6.15. The largest absolute Gasteiger partial charge is 0.446 e. The van der Waals surface area contributed by atoms with Gasteiger partial charge in [-0.05, 0) is 31.0 Å². The molecule has 2 aliphatic rings. The van der Waals surface area contributed by atoms with Gasteiger partial charge in [-0.3, -0.25) is 9.89 Å². The molecule has 1 aliphatic carbocycles. The number of amides is 2. The lowest BCUT2D eigenvalue weighted by atomic mass is 10.1. The van der Waals surface area contributed by atoms with Crippen LogP contribution in [0.15, 0.2) is 18.2 Å². The molecule has 1 aliphatic heterocycles. The number of carbonyl (C=O) groups is 2. The van der Waals surface area contributed by atoms with E-state index in [4.69, 9.17) is 22.1 Å². The fourth-order valence-electron chi connectivity index (χ4n) is 3.95. The zero-order chi connectivity index (χ0) is 23.1. The fourth-order valence-corrected chi connectivity index (χ4v) is 4.13. The Morgan fingerprint density at radius 2 is 1.94 bits per heavy atom. The van der Waals surface area contributed by atoms with Crippen LogP contribution in [0, 0.1) is 5.82 Å². The Morgan fingerprint density at radius 1 is 1.18 bits per heavy atom. The van der Waals surface area contributed by atoms with Gasteiger partial charge in [0.05, 0.1) is 11.2 Å². The Hall–Kier alpha value is -3.47. The molecule has 33 heavy (non-hydrogen) atoms. The molecule has 0 spiro atoms. The monoisotopic (exact) mass is 473 g/mol. The third-order valence-electron chi connectivity index (χ3n) is 5.82. The predicted octanol–water partition coefficient (Wildman–Crippen LogP) is 3.47. The molecule has 1 aromatic carbocycles. The van der Waals surface area contributed by atoms with E-state index in [9.17, 15) is 14.0 Å². The van der Waals surface area contributed by atoms with Crippen molar-refractivity contribution in [1.29, 1.82) is 0 Å². The minimum absolute atomic E-state index is 0.000288. The van der Waals surface area contributed by atoms with E-state index >= 15 is 0 Å². The maximum Gasteiger partial charge on any atom is 0.404 e. The third-order valence-corrected chi connectivity index (χ3v) is 6.05. The highest BCUT2D eigenvalue weighted by Crippen LogP contribution is 2.41. The van der Waals surface area contributed by atoms with E-state index in [1.165, 1.54) is 0 Å². The molecule has 2 fully saturated rings. The molecule has 3 heterocycles. The first-order valence-corrected chi connectivity index (χ1v) is 11.0. The van der Waals surface area contributed by atoms with Crippen molar-refractivity contribution >= 4 is 46.1 Å². The zero-order valence-electron chi connectivity index (χ0n) is 17.5. The average Bonchev–Trinajstić information content (AvgIpc) is 3.57. The van der Waals surface area contributed by atoms with E-state index in [1.807, 2.05) is 0 Å². The van der Waals surface area contributed by atoms with Crippen LogP contribution in [0.4, 0.5) is 20.8 Å². The number of anilines is 2. The van der Waals surface area contributed by atoms with Gasteiger partial charge in [-0.1, -0.05) is 11.6 Å². The van der Waals surface area contributed by atoms with Crippen LogP contribution in [0.1, 0.15) is 47.9 Å². The number of benzene rings is 1. The Balaban J connectivity index is 1.43. The number of aromatic amines is 1. The number of rotatable bonds is 5. The van der Waals surface area contributed by atoms with Crippen molar-refractivity contribution in [3.63, 3.8) is 0 Å². The molecule has 172 valence electrons. The predicted molar refractivity (Wildman–Crippen MR) is 118 cm³/mol. The molecule has 2 aromatic heterocycles. The van der Waals surface area contributed by atoms with Crippen molar-refractivity contribution in [2.45, 2.75) is 37.7 Å². The number of aromatic nitrogens is 4. The summed E-state index contributed by atoms with van der Waals surface area (Å²) in [6.07, 6.45) is 1.61. The van der Waals surface area contributed by atoms with E-state index < -0.39 is 11.9 Å². The molecule has 0 bridgehead atoms. The Kier molecular flexibility index (Phi) is 5.49. The van der Waals surface area contributed by atoms with Crippen LogP contribution in [-0.2, 0) is 4.74 Å². The SMILES string of the molecule is NC(=O)OC1CCN(C(=O)c2nc(Nc3n[nH]c(C4CC4)c3F)c3cc(Cl)ccc3n2)CC1. The van der Waals surface area contributed by atoms with Crippen molar-refractivity contribution in [1.82, 2.24) is 25.1 Å². The highest BCUT2D eigenvalue weighted by molar-refractivity contribution is 6.31. The molecule has 4 N–H and O–H groups in total. The van der Waals surface area contributed by atoms with Gasteiger partial charge in [0.1, 0.15) is 11.9 Å². The van der Waals surface area contributed by atoms with Gasteiger partial charge < -0.3 is 20.7 Å². The van der Waals surface area contributed by atoms with Crippen LogP contribution in [-0.4, -0.2) is 56.3 Å². The number of nitrogens with two attached hydrogens (primary N) is 1. The number of piperidine rings is 1. The number of H-pyrrole nitrogens is 1. The molecule has 3 aromatic rings. The van der Waals surface area contributed by atoms with Gasteiger partial charge in [-0.25, -0.2) is 19.2 Å². The number of carbonyl (C=O) groups excluding carboxylic acids is 2. The van der Waals surface area contributed by atoms with Gasteiger partial charge in [-0.15, -0.1) is 0 Å². The lowest BCUT2D eigenvalue weighted by Crippen LogP contribution is -2.42. The van der Waals surface area contributed by atoms with E-state index in [0.29, 0.717) is 47.6 Å². The quantitative estimate of drug-likeness (QED) is 0.515. The van der Waals surface area contributed by atoms with Crippen LogP contribution >= 0.6 is 11.6 Å². The van der Waals surface area contributed by atoms with Crippen molar-refractivity contribution in [3.05, 3.63) is 40.6 Å². The number of ether oxygens (including phenoxy) is 1. The van der Waals surface area contributed by atoms with Crippen LogP contribution in [0.2, 0.25) is 5.02 Å². The standard InChI is InChI=1S/C21H21ClFN7O3/c22-11-3-4-14-13(9-11)17(26-18-15(23)16(28-29-18)10-1-2-10)27-19(25-14)20(31)30-7-5-12(6-8-30)33-21(24)32/h3-4,9-10,12H,1-2,5-8H2,(H2,24,32)(H2,25,26,27,28,29). The second kappa shape index (κ2) is 8.47. The number of fused-ring (bicyclic) bond motifs is 1. The molecule has 1 saturated carbocycles. The normalized spacial score (nSPS) is 16.7. The number of hydrogen-bond acceptors (Lipinski definition) is 7. The third kappa shape index (κ3) is 4.40. The van der Waals surface area contributed by atoms with E-state index in [-0.39, 0.29) is 35.4 Å². The second-order valence-corrected chi connectivity index (χ2v) is 8.62. The summed E-state index contributed by atoms with van der Waals surface area (Å²) in [7, 11) is 0. The van der Waals surface area contributed by atoms with Crippen molar-refractivity contribution in [3.8, 4) is 0 Å². The highest BCUT2D eigenvalue weighted by atomic mass is 35.5. The topological polar surface area (TPSA) is 139 Å². The lowest BCUT2D eigenvalue weighted by molar-refractivity contribution is 0.0447. The summed E-state index contributed by atoms with van der Waals surface area (Å²) in [5.41, 5.74) is 6.01. The fraction of sp³-hybridized carbons (Fsp3) is 0.381. The first-order chi connectivity index (χ1) is 15.9. The zero-order valence-corrected chi connectivity index (χ0v) is 18.2. The van der Waals surface area contributed by atoms with Crippen LogP contribution in [0.25, 0.3) is 10.9 Å². The van der Waals surface area contributed by atoms with E-state index in [2.05, 4.69) is 25.5 Å². The Bertz CT molecular complexity index is 1240. The summed E-state index contributed by atoms with van der Waals surface area (Å²) in [4.78, 5) is 34.5. The summed E-state index contributed by atoms with van der Waals surface area (Å²) in [6.45, 7) is 0.723. The number of hydrogen-bond donors (Lipinski definition) is 3. The van der Waals surface area contributed by atoms with Crippen molar-refractivity contribution < 1.29 is 18.7 Å². The minimum Gasteiger partial charge on any atom is -0.446 e. The van der Waals surface area contributed by atoms with Crippen molar-refractivity contribution in [2.75, 3.05) is 18.4 Å². The van der Waals surface area contributed by atoms with Gasteiger partial charge in [0, 0.05) is 42.3 Å². The van der Waals surface area contributed by atoms with Crippen LogP contribution < -0.4 is 11.1 Å². The summed E-state index contributed by atoms with van der Waals surface area (Å²) < 4.78 is 19.8. The first kappa shape index (κ1) is 21.4. The number of nitrogens with one attached hydrogen (secondary N) is 2. The molecule has 5 rings (SSSR count). The van der Waals surface area contributed by atoms with Gasteiger partial charge in [0.25, 0.3) is 5.91 Å². The molecule has 0 atom stereocenters. The molecule has 0 radical (unpaired) electrons.